The Labute approximate surface area is 43.6 Å². The molecular formula is C4H9NS. The maximum atomic E-state index is 5.26. The fourth-order valence-corrected chi connectivity index (χ4v) is 0.274. The van der Waals surface area contributed by atoms with Crippen LogP contribution in [0.5, 0.6) is 0 Å². The first-order chi connectivity index (χ1) is 2.81. The SMILES string of the molecule is CC/C(N)=C/S. The molecule has 0 aromatic heterocycles. The second kappa shape index (κ2) is 3.09. The van der Waals surface area contributed by atoms with Crippen molar-refractivity contribution in [2.24, 2.45) is 5.73 Å². The number of nitrogens with two attached hydrogens (primary N) is 1. The molecule has 1 nitrogen and oxygen atoms in total. The van der Waals surface area contributed by atoms with Gasteiger partial charge in [0.25, 0.3) is 0 Å². The molecule has 0 amide bonds. The molecule has 0 saturated heterocycles. The van der Waals surface area contributed by atoms with Gasteiger partial charge >= 0.3 is 0 Å². The molecule has 0 fully saturated rings. The van der Waals surface area contributed by atoms with Crippen LogP contribution in [0.25, 0.3) is 0 Å². The number of hydrogen-bond acceptors (Lipinski definition) is 2. The lowest BCUT2D eigenvalue weighted by atomic mass is 10.4. The fraction of sp³-hybridized carbons (Fsp3) is 0.500. The van der Waals surface area contributed by atoms with Gasteiger partial charge < -0.3 is 5.73 Å². The van der Waals surface area contributed by atoms with Gasteiger partial charge in [-0.1, -0.05) is 6.92 Å². The van der Waals surface area contributed by atoms with Crippen molar-refractivity contribution >= 4 is 12.6 Å². The largest absolute Gasteiger partial charge is 0.402 e. The van der Waals surface area contributed by atoms with E-state index in [9.17, 15) is 0 Å². The molecule has 0 heterocycles. The Bertz CT molecular complexity index is 58.6. The molecule has 0 aliphatic rings. The number of hydrogen-bond donors (Lipinski definition) is 2. The lowest BCUT2D eigenvalue weighted by Gasteiger charge is -1.85. The maximum Gasteiger partial charge on any atom is 0.0139 e. The summed E-state index contributed by atoms with van der Waals surface area (Å²) in [4.78, 5) is 0. The molecule has 0 aliphatic heterocycles. The third-order valence-corrected chi connectivity index (χ3v) is 0.906. The fourth-order valence-electron chi connectivity index (χ4n) is 0.0913. The number of thiol groups is 1. The summed E-state index contributed by atoms with van der Waals surface area (Å²) in [5.41, 5.74) is 6.09. The zero-order valence-corrected chi connectivity index (χ0v) is 4.70. The molecule has 0 atom stereocenters. The summed E-state index contributed by atoms with van der Waals surface area (Å²) in [6, 6.07) is 0. The van der Waals surface area contributed by atoms with E-state index in [2.05, 4.69) is 12.6 Å². The molecule has 0 saturated carbocycles. The van der Waals surface area contributed by atoms with Gasteiger partial charge in [-0.3, -0.25) is 0 Å². The van der Waals surface area contributed by atoms with E-state index < -0.39 is 0 Å². The van der Waals surface area contributed by atoms with Crippen LogP contribution in [-0.2, 0) is 0 Å². The van der Waals surface area contributed by atoms with Crippen LogP contribution in [-0.4, -0.2) is 0 Å². The summed E-state index contributed by atoms with van der Waals surface area (Å²) in [6.45, 7) is 1.99. The topological polar surface area (TPSA) is 26.0 Å². The van der Waals surface area contributed by atoms with Crippen LogP contribution in [0.15, 0.2) is 11.1 Å². The van der Waals surface area contributed by atoms with Gasteiger partial charge in [0.05, 0.1) is 0 Å². The summed E-state index contributed by atoms with van der Waals surface area (Å²) >= 11 is 3.81. The highest BCUT2D eigenvalue weighted by Crippen LogP contribution is 1.89. The minimum Gasteiger partial charge on any atom is -0.402 e. The van der Waals surface area contributed by atoms with Gasteiger partial charge in [0.2, 0.25) is 0 Å². The number of rotatable bonds is 1. The minimum absolute atomic E-state index is 0.832. The van der Waals surface area contributed by atoms with Crippen molar-refractivity contribution in [2.45, 2.75) is 13.3 Å². The average Bonchev–Trinajstić information content (AvgIpc) is 1.65. The molecule has 6 heavy (non-hydrogen) atoms. The maximum absolute atomic E-state index is 5.26. The van der Waals surface area contributed by atoms with Crippen molar-refractivity contribution in [3.63, 3.8) is 0 Å². The van der Waals surface area contributed by atoms with E-state index in [-0.39, 0.29) is 0 Å². The first-order valence-corrected chi connectivity index (χ1v) is 2.41. The van der Waals surface area contributed by atoms with Crippen molar-refractivity contribution in [1.29, 1.82) is 0 Å². The van der Waals surface area contributed by atoms with Gasteiger partial charge in [-0.15, -0.1) is 12.6 Å². The van der Waals surface area contributed by atoms with E-state index in [4.69, 9.17) is 5.73 Å². The van der Waals surface area contributed by atoms with E-state index in [1.54, 1.807) is 5.41 Å². The Morgan fingerprint density at radius 1 is 2.00 bits per heavy atom. The van der Waals surface area contributed by atoms with Crippen LogP contribution in [0, 0.1) is 0 Å². The van der Waals surface area contributed by atoms with Crippen molar-refractivity contribution in [3.8, 4) is 0 Å². The molecule has 36 valence electrons. The van der Waals surface area contributed by atoms with E-state index in [0.29, 0.717) is 0 Å². The third kappa shape index (κ3) is 2.15. The van der Waals surface area contributed by atoms with Crippen LogP contribution >= 0.6 is 12.6 Å². The Hall–Kier alpha value is -0.110. The Morgan fingerprint density at radius 3 is 2.50 bits per heavy atom. The van der Waals surface area contributed by atoms with Crippen molar-refractivity contribution in [2.75, 3.05) is 0 Å². The molecule has 0 spiro atoms. The van der Waals surface area contributed by atoms with Gasteiger partial charge in [-0.25, -0.2) is 0 Å². The second-order valence-corrected chi connectivity index (χ2v) is 1.32. The zero-order chi connectivity index (χ0) is 4.99. The highest BCUT2D eigenvalue weighted by molar-refractivity contribution is 7.83. The highest BCUT2D eigenvalue weighted by atomic mass is 32.1. The van der Waals surface area contributed by atoms with E-state index in [1.165, 1.54) is 0 Å². The Morgan fingerprint density at radius 2 is 2.50 bits per heavy atom. The molecular weight excluding hydrogens is 94.1 g/mol. The lowest BCUT2D eigenvalue weighted by Crippen LogP contribution is -1.91. The van der Waals surface area contributed by atoms with Gasteiger partial charge in [0.15, 0.2) is 0 Å². The second-order valence-electron chi connectivity index (χ2n) is 1.06. The molecule has 2 heteroatoms. The predicted molar refractivity (Wildman–Crippen MR) is 31.5 cm³/mol. The molecule has 0 aromatic carbocycles. The van der Waals surface area contributed by atoms with Crippen LogP contribution < -0.4 is 5.73 Å². The van der Waals surface area contributed by atoms with E-state index in [0.717, 1.165) is 12.1 Å². The molecule has 0 bridgehead atoms. The van der Waals surface area contributed by atoms with Gasteiger partial charge in [-0.05, 0) is 11.8 Å². The molecule has 0 radical (unpaired) electrons. The molecule has 0 aromatic rings. The smallest absolute Gasteiger partial charge is 0.0139 e. The minimum atomic E-state index is 0.832. The van der Waals surface area contributed by atoms with Crippen LogP contribution in [0.2, 0.25) is 0 Å². The first kappa shape index (κ1) is 5.89. The van der Waals surface area contributed by atoms with Gasteiger partial charge in [0, 0.05) is 5.70 Å². The Balaban J connectivity index is 3.22. The normalized spacial score (nSPS) is 12.0. The highest BCUT2D eigenvalue weighted by Gasteiger charge is 1.74. The molecule has 0 rings (SSSR count). The first-order valence-electron chi connectivity index (χ1n) is 1.90. The zero-order valence-electron chi connectivity index (χ0n) is 3.81. The van der Waals surface area contributed by atoms with Crippen LogP contribution in [0.3, 0.4) is 0 Å². The molecule has 0 aliphatic carbocycles. The lowest BCUT2D eigenvalue weighted by molar-refractivity contribution is 1.08. The summed E-state index contributed by atoms with van der Waals surface area (Å²) in [5.74, 6) is 0. The van der Waals surface area contributed by atoms with E-state index in [1.807, 2.05) is 6.92 Å². The monoisotopic (exact) mass is 103 g/mol. The van der Waals surface area contributed by atoms with Gasteiger partial charge in [0.1, 0.15) is 0 Å². The van der Waals surface area contributed by atoms with Crippen LogP contribution in [0.1, 0.15) is 13.3 Å². The Kier molecular flexibility index (Phi) is 3.04. The van der Waals surface area contributed by atoms with E-state index >= 15 is 0 Å². The summed E-state index contributed by atoms with van der Waals surface area (Å²) in [6.07, 6.45) is 0.892. The van der Waals surface area contributed by atoms with Crippen molar-refractivity contribution < 1.29 is 0 Å². The third-order valence-electron chi connectivity index (χ3n) is 0.574. The van der Waals surface area contributed by atoms with Crippen molar-refractivity contribution in [3.05, 3.63) is 11.1 Å². The summed E-state index contributed by atoms with van der Waals surface area (Å²) < 4.78 is 0. The van der Waals surface area contributed by atoms with Crippen LogP contribution in [0.4, 0.5) is 0 Å². The van der Waals surface area contributed by atoms with Gasteiger partial charge in [-0.2, -0.15) is 0 Å². The molecule has 0 unspecified atom stereocenters. The summed E-state index contributed by atoms with van der Waals surface area (Å²) in [7, 11) is 0. The standard InChI is InChI=1S/C4H9NS/c1-2-4(5)3-6/h3,6H,2,5H2,1H3/b4-3-. The predicted octanol–water partition coefficient (Wildman–Crippen LogP) is 1.13. The summed E-state index contributed by atoms with van der Waals surface area (Å²) in [5, 5.41) is 1.61. The average molecular weight is 103 g/mol. The molecule has 2 N–H and O–H groups in total. The number of allylic oxidation sites excluding steroid dienone is 1. The quantitative estimate of drug-likeness (QED) is 0.478. The van der Waals surface area contributed by atoms with Crippen molar-refractivity contribution in [1.82, 2.24) is 0 Å².